The lowest BCUT2D eigenvalue weighted by atomic mass is 10.2. The normalized spacial score (nSPS) is 13.7. The number of pyridine rings is 2. The number of nitrogens with zero attached hydrogens (tertiary/aromatic N) is 7. The highest BCUT2D eigenvalue weighted by molar-refractivity contribution is 9.10. The van der Waals surface area contributed by atoms with Crippen molar-refractivity contribution in [2.45, 2.75) is 22.8 Å². The average molecular weight is 737 g/mol. The maximum atomic E-state index is 6.41. The third-order valence-corrected chi connectivity index (χ3v) is 9.07. The van der Waals surface area contributed by atoms with E-state index in [0.717, 1.165) is 47.2 Å². The Labute approximate surface area is 274 Å². The van der Waals surface area contributed by atoms with E-state index in [-0.39, 0.29) is 5.15 Å². The summed E-state index contributed by atoms with van der Waals surface area (Å²) in [4.78, 5) is 28.3. The summed E-state index contributed by atoms with van der Waals surface area (Å²) in [5, 5.41) is 2.45. The van der Waals surface area contributed by atoms with Gasteiger partial charge in [-0.05, 0) is 40.9 Å². The summed E-state index contributed by atoms with van der Waals surface area (Å²) >= 11 is 33.1. The Kier molecular flexibility index (Phi) is 11.5. The van der Waals surface area contributed by atoms with Crippen LogP contribution in [0.3, 0.4) is 0 Å². The number of aromatic amines is 1. The van der Waals surface area contributed by atoms with E-state index in [4.69, 9.17) is 70.1 Å². The van der Waals surface area contributed by atoms with Gasteiger partial charge in [-0.2, -0.15) is 0 Å². The van der Waals surface area contributed by atoms with Crippen molar-refractivity contribution < 1.29 is 0 Å². The average Bonchev–Trinajstić information content (AvgIpc) is 2.87. The Hall–Kier alpha value is -2.13. The molecule has 0 aliphatic carbocycles. The Balaban J connectivity index is 0.000000156. The largest absolute Gasteiger partial charge is 0.381 e. The van der Waals surface area contributed by atoms with Crippen LogP contribution < -0.4 is 21.3 Å². The number of hydrogen-bond acceptors (Lipinski definition) is 11. The minimum Gasteiger partial charge on any atom is -0.381 e. The first-order chi connectivity index (χ1) is 19.6. The number of nitrogens with two attached hydrogens (primary N) is 2. The number of nitrogens with one attached hydrogen (secondary N) is 1. The summed E-state index contributed by atoms with van der Waals surface area (Å²) in [6.45, 7) is 4.14. The zero-order valence-corrected chi connectivity index (χ0v) is 27.4. The Morgan fingerprint density at radius 1 is 0.854 bits per heavy atom. The molecule has 2 saturated heterocycles. The third kappa shape index (κ3) is 8.46. The summed E-state index contributed by atoms with van der Waals surface area (Å²) in [6, 6.07) is 3.65. The van der Waals surface area contributed by atoms with Gasteiger partial charge in [0.05, 0.1) is 26.9 Å². The van der Waals surface area contributed by atoms with Crippen molar-refractivity contribution in [3.05, 3.63) is 66.4 Å². The highest BCUT2D eigenvalue weighted by Gasteiger charge is 2.21. The van der Waals surface area contributed by atoms with Crippen LogP contribution in [0.1, 0.15) is 12.8 Å². The fourth-order valence-corrected chi connectivity index (χ4v) is 5.37. The van der Waals surface area contributed by atoms with Crippen molar-refractivity contribution in [1.82, 2.24) is 29.9 Å². The van der Waals surface area contributed by atoms with Crippen LogP contribution in [-0.4, -0.2) is 56.1 Å². The maximum Gasteiger partial charge on any atom is 0.158 e. The molecule has 216 valence electrons. The van der Waals surface area contributed by atoms with Crippen LogP contribution in [0.25, 0.3) is 0 Å². The minimum atomic E-state index is 0.272. The predicted molar refractivity (Wildman–Crippen MR) is 174 cm³/mol. The molecule has 2 aliphatic rings. The molecule has 0 radical (unpaired) electrons. The van der Waals surface area contributed by atoms with E-state index >= 15 is 0 Å². The van der Waals surface area contributed by atoms with E-state index in [0.29, 0.717) is 36.5 Å². The SMILES string of the molecule is Nc1nc(Cl)cnc1Br.Nc1nc(Cl)cnc1Sc1ccnc(N2CCC2)c1Cl.S=c1cc[nH]c(N2CCC2)c1Cl. The van der Waals surface area contributed by atoms with Crippen LogP contribution in [-0.2, 0) is 0 Å². The van der Waals surface area contributed by atoms with Gasteiger partial charge in [-0.25, -0.2) is 24.9 Å². The lowest BCUT2D eigenvalue weighted by Crippen LogP contribution is -2.37. The van der Waals surface area contributed by atoms with Gasteiger partial charge in [-0.3, -0.25) is 0 Å². The minimum absolute atomic E-state index is 0.272. The maximum absolute atomic E-state index is 6.41. The summed E-state index contributed by atoms with van der Waals surface area (Å²) in [6.07, 6.45) is 8.87. The molecule has 10 nitrogen and oxygen atoms in total. The lowest BCUT2D eigenvalue weighted by molar-refractivity contribution is 0.609. The van der Waals surface area contributed by atoms with E-state index < -0.39 is 0 Å². The Bertz CT molecular complexity index is 1570. The summed E-state index contributed by atoms with van der Waals surface area (Å²) in [7, 11) is 0. The molecule has 2 aliphatic heterocycles. The van der Waals surface area contributed by atoms with E-state index in [1.54, 1.807) is 12.3 Å². The smallest absolute Gasteiger partial charge is 0.158 e. The standard InChI is InChI=1S/C12H11Cl2N5S.C8H9ClN2S.C4H3BrClN3/c13-8-6-17-12(10(15)18-8)20-7-2-3-16-11(9(7)14)19-4-1-5-19;9-7-6(12)2-3-10-8(7)11-4-1-5-11;5-3-4(7)9-2(6)1-8-3/h2-3,6H,1,4-5H2,(H2,15,18);2-3H,1,4-5H2,(H,10,12);1H,(H2,7,9). The van der Waals surface area contributed by atoms with Crippen molar-refractivity contribution in [2.75, 3.05) is 47.4 Å². The molecule has 0 spiro atoms. The number of rotatable bonds is 4. The number of aromatic nitrogens is 6. The van der Waals surface area contributed by atoms with Crippen LogP contribution in [0.15, 0.2) is 51.4 Å². The van der Waals surface area contributed by atoms with E-state index in [2.05, 4.69) is 55.6 Å². The Morgan fingerprint density at radius 3 is 2.05 bits per heavy atom. The molecule has 2 fully saturated rings. The van der Waals surface area contributed by atoms with Crippen molar-refractivity contribution in [2.24, 2.45) is 0 Å². The monoisotopic (exact) mass is 734 g/mol. The molecule has 0 saturated carbocycles. The first-order valence-corrected chi connectivity index (χ1v) is 15.6. The molecule has 6 heterocycles. The number of nitrogen functional groups attached to an aromatic ring is 2. The molecule has 0 aromatic carbocycles. The second-order valence-corrected chi connectivity index (χ2v) is 12.2. The highest BCUT2D eigenvalue weighted by atomic mass is 79.9. The van der Waals surface area contributed by atoms with Crippen molar-refractivity contribution >= 4 is 110 Å². The van der Waals surface area contributed by atoms with Gasteiger partial charge in [0.2, 0.25) is 0 Å². The predicted octanol–water partition coefficient (Wildman–Crippen LogP) is 7.20. The van der Waals surface area contributed by atoms with Crippen molar-refractivity contribution in [3.8, 4) is 0 Å². The molecule has 41 heavy (non-hydrogen) atoms. The van der Waals surface area contributed by atoms with Gasteiger partial charge in [-0.1, -0.05) is 70.4 Å². The molecular weight excluding hydrogens is 714 g/mol. The molecule has 4 aromatic rings. The molecule has 0 atom stereocenters. The molecule has 6 rings (SSSR count). The molecule has 0 unspecified atom stereocenters. The topological polar surface area (TPSA) is 139 Å². The number of hydrogen-bond donors (Lipinski definition) is 3. The van der Waals surface area contributed by atoms with Gasteiger partial charge in [0, 0.05) is 43.5 Å². The third-order valence-electron chi connectivity index (χ3n) is 5.71. The fourth-order valence-electron chi connectivity index (χ4n) is 3.38. The first kappa shape index (κ1) is 31.8. The number of H-pyrrole nitrogens is 1. The van der Waals surface area contributed by atoms with Crippen molar-refractivity contribution in [3.63, 3.8) is 0 Å². The molecule has 4 aromatic heterocycles. The van der Waals surface area contributed by atoms with Crippen LogP contribution in [0.2, 0.25) is 20.4 Å². The molecular formula is C24H23BrCl4N10S2. The number of halogens is 5. The van der Waals surface area contributed by atoms with Crippen LogP contribution >= 0.6 is 86.3 Å². The second-order valence-electron chi connectivity index (χ2n) is 8.49. The van der Waals surface area contributed by atoms with Gasteiger partial charge in [0.25, 0.3) is 0 Å². The molecule has 0 bridgehead atoms. The number of anilines is 4. The van der Waals surface area contributed by atoms with Gasteiger partial charge in [0.15, 0.2) is 11.6 Å². The molecule has 5 N–H and O–H groups in total. The van der Waals surface area contributed by atoms with Crippen molar-refractivity contribution in [1.29, 1.82) is 0 Å². The fraction of sp³-hybridized carbons (Fsp3) is 0.250. The Morgan fingerprint density at radius 2 is 1.49 bits per heavy atom. The summed E-state index contributed by atoms with van der Waals surface area (Å²) < 4.78 is 1.24. The van der Waals surface area contributed by atoms with E-state index in [1.807, 2.05) is 12.3 Å². The lowest BCUT2D eigenvalue weighted by Gasteiger charge is -2.33. The zero-order valence-electron chi connectivity index (χ0n) is 21.2. The van der Waals surface area contributed by atoms with Gasteiger partial charge < -0.3 is 26.3 Å². The van der Waals surface area contributed by atoms with Crippen LogP contribution in [0.5, 0.6) is 0 Å². The first-order valence-electron chi connectivity index (χ1n) is 12.0. The summed E-state index contributed by atoms with van der Waals surface area (Å²) in [5.74, 6) is 2.38. The van der Waals surface area contributed by atoms with E-state index in [1.165, 1.54) is 37.0 Å². The van der Waals surface area contributed by atoms with Gasteiger partial charge in [0.1, 0.15) is 31.6 Å². The molecule has 0 amide bonds. The quantitative estimate of drug-likeness (QED) is 0.183. The van der Waals surface area contributed by atoms with Crippen LogP contribution in [0, 0.1) is 4.51 Å². The highest BCUT2D eigenvalue weighted by Crippen LogP contribution is 2.39. The van der Waals surface area contributed by atoms with Gasteiger partial charge in [-0.15, -0.1) is 0 Å². The van der Waals surface area contributed by atoms with E-state index in [9.17, 15) is 0 Å². The summed E-state index contributed by atoms with van der Waals surface area (Å²) in [5.41, 5.74) is 11.1. The van der Waals surface area contributed by atoms with Crippen LogP contribution in [0.4, 0.5) is 23.3 Å². The molecule has 17 heteroatoms. The zero-order chi connectivity index (χ0) is 29.5. The second kappa shape index (κ2) is 14.9. The van der Waals surface area contributed by atoms with Gasteiger partial charge >= 0.3 is 0 Å².